The molecule has 1 heterocycles. The molecule has 0 saturated carbocycles. The van der Waals surface area contributed by atoms with Gasteiger partial charge in [-0.1, -0.05) is 24.1 Å². The normalized spacial score (nSPS) is 12.8. The Morgan fingerprint density at radius 2 is 1.63 bits per heavy atom. The van der Waals surface area contributed by atoms with E-state index >= 15 is 0 Å². The SMILES string of the molecule is C#Cc1cc(-c2ccc3c(c2)OCCO3)ccc1C. The molecule has 0 spiro atoms. The summed E-state index contributed by atoms with van der Waals surface area (Å²) in [6.45, 7) is 3.22. The van der Waals surface area contributed by atoms with Crippen LogP contribution in [-0.4, -0.2) is 13.2 Å². The zero-order valence-corrected chi connectivity index (χ0v) is 10.8. The van der Waals surface area contributed by atoms with Gasteiger partial charge in [0.05, 0.1) is 0 Å². The first-order valence-electron chi connectivity index (χ1n) is 6.25. The van der Waals surface area contributed by atoms with Crippen molar-refractivity contribution in [1.29, 1.82) is 0 Å². The first kappa shape index (κ1) is 11.7. The van der Waals surface area contributed by atoms with Gasteiger partial charge in [-0.15, -0.1) is 6.42 Å². The van der Waals surface area contributed by atoms with Crippen molar-refractivity contribution in [3.63, 3.8) is 0 Å². The molecule has 1 aliphatic heterocycles. The molecular formula is C17H14O2. The van der Waals surface area contributed by atoms with Gasteiger partial charge in [-0.2, -0.15) is 0 Å². The van der Waals surface area contributed by atoms with Crippen molar-refractivity contribution in [2.75, 3.05) is 13.2 Å². The average Bonchev–Trinajstić information content (AvgIpc) is 2.47. The number of hydrogen-bond donors (Lipinski definition) is 0. The quantitative estimate of drug-likeness (QED) is 0.722. The van der Waals surface area contributed by atoms with E-state index in [2.05, 4.69) is 12.0 Å². The highest BCUT2D eigenvalue weighted by Gasteiger charge is 2.12. The monoisotopic (exact) mass is 250 g/mol. The molecule has 0 saturated heterocycles. The molecule has 94 valence electrons. The fourth-order valence-corrected chi connectivity index (χ4v) is 2.18. The second kappa shape index (κ2) is 4.70. The number of rotatable bonds is 1. The van der Waals surface area contributed by atoms with Gasteiger partial charge in [-0.05, 0) is 41.8 Å². The molecule has 0 radical (unpaired) electrons. The number of benzene rings is 2. The summed E-state index contributed by atoms with van der Waals surface area (Å²) in [4.78, 5) is 0. The van der Waals surface area contributed by atoms with E-state index in [-0.39, 0.29) is 0 Å². The standard InChI is InChI=1S/C17H14O2/c1-3-13-10-14(5-4-12(13)2)15-6-7-16-17(11-15)19-9-8-18-16/h1,4-7,10-11H,8-9H2,2H3. The molecule has 0 fully saturated rings. The van der Waals surface area contributed by atoms with Crippen molar-refractivity contribution in [1.82, 2.24) is 0 Å². The predicted octanol–water partition coefficient (Wildman–Crippen LogP) is 3.41. The van der Waals surface area contributed by atoms with Crippen molar-refractivity contribution in [3.05, 3.63) is 47.5 Å². The lowest BCUT2D eigenvalue weighted by molar-refractivity contribution is 0.171. The summed E-state index contributed by atoms with van der Waals surface area (Å²) in [7, 11) is 0. The number of hydrogen-bond acceptors (Lipinski definition) is 2. The van der Waals surface area contributed by atoms with Gasteiger partial charge >= 0.3 is 0 Å². The van der Waals surface area contributed by atoms with E-state index in [1.165, 1.54) is 0 Å². The predicted molar refractivity (Wildman–Crippen MR) is 75.5 cm³/mol. The Morgan fingerprint density at radius 3 is 2.42 bits per heavy atom. The molecule has 2 heteroatoms. The minimum Gasteiger partial charge on any atom is -0.486 e. The van der Waals surface area contributed by atoms with Crippen LogP contribution in [0.4, 0.5) is 0 Å². The largest absolute Gasteiger partial charge is 0.486 e. The number of fused-ring (bicyclic) bond motifs is 1. The molecule has 2 nitrogen and oxygen atoms in total. The zero-order valence-electron chi connectivity index (χ0n) is 10.8. The molecule has 2 aromatic rings. The third-order valence-corrected chi connectivity index (χ3v) is 3.27. The maximum atomic E-state index is 5.60. The van der Waals surface area contributed by atoms with E-state index in [9.17, 15) is 0 Å². The zero-order chi connectivity index (χ0) is 13.2. The van der Waals surface area contributed by atoms with E-state index in [4.69, 9.17) is 15.9 Å². The molecular weight excluding hydrogens is 236 g/mol. The molecule has 0 N–H and O–H groups in total. The molecule has 0 unspecified atom stereocenters. The highest BCUT2D eigenvalue weighted by atomic mass is 16.6. The van der Waals surface area contributed by atoms with Crippen LogP contribution in [0, 0.1) is 19.3 Å². The maximum Gasteiger partial charge on any atom is 0.161 e. The first-order valence-corrected chi connectivity index (χ1v) is 6.25. The molecule has 0 atom stereocenters. The summed E-state index contributed by atoms with van der Waals surface area (Å²) in [6, 6.07) is 12.1. The second-order valence-corrected chi connectivity index (χ2v) is 4.53. The summed E-state index contributed by atoms with van der Waals surface area (Å²) in [6.07, 6.45) is 5.51. The lowest BCUT2D eigenvalue weighted by atomic mass is 9.99. The van der Waals surface area contributed by atoms with Crippen LogP contribution in [0.25, 0.3) is 11.1 Å². The van der Waals surface area contributed by atoms with Crippen molar-refractivity contribution in [2.45, 2.75) is 6.92 Å². The molecule has 0 amide bonds. The smallest absolute Gasteiger partial charge is 0.161 e. The number of ether oxygens (including phenoxy) is 2. The van der Waals surface area contributed by atoms with E-state index in [0.717, 1.165) is 33.8 Å². The third-order valence-electron chi connectivity index (χ3n) is 3.27. The van der Waals surface area contributed by atoms with Crippen LogP contribution >= 0.6 is 0 Å². The van der Waals surface area contributed by atoms with Gasteiger partial charge in [0.1, 0.15) is 13.2 Å². The maximum absolute atomic E-state index is 5.60. The molecule has 2 aromatic carbocycles. The van der Waals surface area contributed by atoms with Gasteiger partial charge in [-0.25, -0.2) is 0 Å². The van der Waals surface area contributed by atoms with Crippen LogP contribution in [0.3, 0.4) is 0 Å². The van der Waals surface area contributed by atoms with Crippen LogP contribution < -0.4 is 9.47 Å². The summed E-state index contributed by atoms with van der Waals surface area (Å²) in [5.41, 5.74) is 4.22. The van der Waals surface area contributed by atoms with Crippen LogP contribution in [0.1, 0.15) is 11.1 Å². The Hall–Kier alpha value is -2.40. The van der Waals surface area contributed by atoms with Gasteiger partial charge in [0.25, 0.3) is 0 Å². The highest BCUT2D eigenvalue weighted by molar-refractivity contribution is 5.69. The van der Waals surface area contributed by atoms with Gasteiger partial charge in [-0.3, -0.25) is 0 Å². The second-order valence-electron chi connectivity index (χ2n) is 4.53. The minimum atomic E-state index is 0.597. The van der Waals surface area contributed by atoms with Gasteiger partial charge in [0.15, 0.2) is 11.5 Å². The molecule has 0 aromatic heterocycles. The topological polar surface area (TPSA) is 18.5 Å². The molecule has 0 bridgehead atoms. The van der Waals surface area contributed by atoms with Crippen molar-refractivity contribution in [2.24, 2.45) is 0 Å². The highest BCUT2D eigenvalue weighted by Crippen LogP contribution is 2.34. The van der Waals surface area contributed by atoms with E-state index < -0.39 is 0 Å². The Balaban J connectivity index is 2.05. The molecule has 3 rings (SSSR count). The summed E-state index contributed by atoms with van der Waals surface area (Å²) in [5.74, 6) is 4.31. The summed E-state index contributed by atoms with van der Waals surface area (Å²) >= 11 is 0. The average molecular weight is 250 g/mol. The number of aryl methyl sites for hydroxylation is 1. The summed E-state index contributed by atoms with van der Waals surface area (Å²) in [5, 5.41) is 0. The lowest BCUT2D eigenvalue weighted by Gasteiger charge is -2.19. The van der Waals surface area contributed by atoms with Crippen LogP contribution in [0.2, 0.25) is 0 Å². The van der Waals surface area contributed by atoms with Crippen LogP contribution in [0.15, 0.2) is 36.4 Å². The van der Waals surface area contributed by atoms with E-state index in [0.29, 0.717) is 13.2 Å². The Kier molecular flexibility index (Phi) is 2.89. The van der Waals surface area contributed by atoms with E-state index in [1.807, 2.05) is 37.3 Å². The van der Waals surface area contributed by atoms with Crippen molar-refractivity contribution < 1.29 is 9.47 Å². The van der Waals surface area contributed by atoms with Crippen molar-refractivity contribution in [3.8, 4) is 35.0 Å². The molecule has 19 heavy (non-hydrogen) atoms. The van der Waals surface area contributed by atoms with Gasteiger partial charge in [0, 0.05) is 5.56 Å². The third kappa shape index (κ3) is 2.15. The van der Waals surface area contributed by atoms with Gasteiger partial charge in [0.2, 0.25) is 0 Å². The minimum absolute atomic E-state index is 0.597. The fourth-order valence-electron chi connectivity index (χ4n) is 2.18. The van der Waals surface area contributed by atoms with Crippen molar-refractivity contribution >= 4 is 0 Å². The Labute approximate surface area is 113 Å². The summed E-state index contributed by atoms with van der Waals surface area (Å²) < 4.78 is 11.1. The van der Waals surface area contributed by atoms with Crippen LogP contribution in [0.5, 0.6) is 11.5 Å². The van der Waals surface area contributed by atoms with Crippen LogP contribution in [-0.2, 0) is 0 Å². The Bertz CT molecular complexity index is 665. The van der Waals surface area contributed by atoms with Gasteiger partial charge < -0.3 is 9.47 Å². The lowest BCUT2D eigenvalue weighted by Crippen LogP contribution is -2.15. The first-order chi connectivity index (χ1) is 9.28. The Morgan fingerprint density at radius 1 is 0.947 bits per heavy atom. The number of terminal acetylenes is 1. The fraction of sp³-hybridized carbons (Fsp3) is 0.176. The molecule has 1 aliphatic rings. The van der Waals surface area contributed by atoms with E-state index in [1.54, 1.807) is 0 Å². The molecule has 0 aliphatic carbocycles.